The second-order valence-electron chi connectivity index (χ2n) is 6.62. The van der Waals surface area contributed by atoms with E-state index in [0.717, 1.165) is 37.7 Å². The molecule has 0 bridgehead atoms. The number of ether oxygens (including phenoxy) is 1. The van der Waals surface area contributed by atoms with Crippen molar-refractivity contribution in [2.75, 3.05) is 0 Å². The number of benzene rings is 1. The van der Waals surface area contributed by atoms with E-state index in [1.54, 1.807) is 12.1 Å². The number of nitrogens with zero attached hydrogens (tertiary/aromatic N) is 1. The van der Waals surface area contributed by atoms with Gasteiger partial charge in [0.25, 0.3) is 0 Å². The molecule has 24 heavy (non-hydrogen) atoms. The fraction of sp³-hybridized carbons (Fsp3) is 0.588. The summed E-state index contributed by atoms with van der Waals surface area (Å²) in [4.78, 5) is 0. The molecule has 0 saturated heterocycles. The second kappa shape index (κ2) is 6.27. The molecule has 4 nitrogen and oxygen atoms in total. The summed E-state index contributed by atoms with van der Waals surface area (Å²) in [5.74, 6) is -0.463. The Morgan fingerprint density at radius 3 is 2.33 bits per heavy atom. The first-order valence-electron chi connectivity index (χ1n) is 8.11. The molecule has 2 saturated carbocycles. The molecule has 0 radical (unpaired) electrons. The number of hydrogen-bond donors (Lipinski definition) is 2. The number of alkyl halides is 3. The van der Waals surface area contributed by atoms with Gasteiger partial charge in [0.1, 0.15) is 5.75 Å². The van der Waals surface area contributed by atoms with Gasteiger partial charge in [-0.1, -0.05) is 23.7 Å². The van der Waals surface area contributed by atoms with Crippen molar-refractivity contribution in [3.8, 4) is 5.75 Å². The van der Waals surface area contributed by atoms with Crippen molar-refractivity contribution >= 4 is 5.71 Å². The van der Waals surface area contributed by atoms with Gasteiger partial charge in [0, 0.05) is 11.3 Å². The van der Waals surface area contributed by atoms with Gasteiger partial charge in [-0.05, 0) is 49.8 Å². The molecule has 2 fully saturated rings. The number of rotatable bonds is 4. The van der Waals surface area contributed by atoms with E-state index in [0.29, 0.717) is 12.1 Å². The lowest BCUT2D eigenvalue weighted by Crippen LogP contribution is -2.50. The average Bonchev–Trinajstić information content (AvgIpc) is 2.94. The fourth-order valence-corrected chi connectivity index (χ4v) is 4.01. The first-order valence-corrected chi connectivity index (χ1v) is 8.11. The van der Waals surface area contributed by atoms with Gasteiger partial charge in [-0.3, -0.25) is 0 Å². The van der Waals surface area contributed by atoms with Crippen LogP contribution in [0.15, 0.2) is 29.4 Å². The zero-order valence-electron chi connectivity index (χ0n) is 13.1. The van der Waals surface area contributed by atoms with Gasteiger partial charge in [0.15, 0.2) is 0 Å². The van der Waals surface area contributed by atoms with Crippen LogP contribution < -0.4 is 4.74 Å². The molecule has 2 atom stereocenters. The highest BCUT2D eigenvalue weighted by atomic mass is 19.4. The maximum Gasteiger partial charge on any atom is 0.573 e. The zero-order valence-corrected chi connectivity index (χ0v) is 13.1. The minimum atomic E-state index is -4.72. The van der Waals surface area contributed by atoms with Crippen LogP contribution in [-0.2, 0) is 5.41 Å². The van der Waals surface area contributed by atoms with E-state index in [4.69, 9.17) is 5.21 Å². The standard InChI is InChI=1S/C17H20F3NO3/c18-17(19,20)24-12-7-5-11(6-8-12)16(9-2-10-16)15(22)13-3-1-4-14(13)21-23/h5-8,13,15,22-23H,1-4,9-10H2/t13-,15-/m1/s1. The van der Waals surface area contributed by atoms with Crippen molar-refractivity contribution in [1.29, 1.82) is 0 Å². The van der Waals surface area contributed by atoms with Gasteiger partial charge in [-0.25, -0.2) is 0 Å². The summed E-state index contributed by atoms with van der Waals surface area (Å²) < 4.78 is 40.7. The van der Waals surface area contributed by atoms with E-state index in [2.05, 4.69) is 9.89 Å². The molecule has 0 spiro atoms. The molecule has 0 unspecified atom stereocenters. The Morgan fingerprint density at radius 2 is 1.83 bits per heavy atom. The molecular formula is C17H20F3NO3. The lowest BCUT2D eigenvalue weighted by molar-refractivity contribution is -0.274. The van der Waals surface area contributed by atoms with E-state index >= 15 is 0 Å². The predicted octanol–water partition coefficient (Wildman–Crippen LogP) is 4.00. The van der Waals surface area contributed by atoms with Crippen LogP contribution in [0.1, 0.15) is 44.1 Å². The first kappa shape index (κ1) is 17.1. The normalized spacial score (nSPS) is 26.2. The van der Waals surface area contributed by atoms with Crippen molar-refractivity contribution in [2.45, 2.75) is 56.4 Å². The summed E-state index contributed by atoms with van der Waals surface area (Å²) in [5, 5.41) is 23.4. The summed E-state index contributed by atoms with van der Waals surface area (Å²) in [6, 6.07) is 5.75. The monoisotopic (exact) mass is 343 g/mol. The maximum absolute atomic E-state index is 12.3. The SMILES string of the molecule is ON=C1CCC[C@H]1[C@@H](O)C1(c2ccc(OC(F)(F)F)cc2)CCC1. The zero-order chi connectivity index (χ0) is 17.4. The van der Waals surface area contributed by atoms with Crippen molar-refractivity contribution in [3.05, 3.63) is 29.8 Å². The number of oxime groups is 1. The molecule has 0 aliphatic heterocycles. The lowest BCUT2D eigenvalue weighted by atomic mass is 9.58. The highest BCUT2D eigenvalue weighted by Gasteiger charge is 2.49. The van der Waals surface area contributed by atoms with Gasteiger partial charge in [0.2, 0.25) is 0 Å². The van der Waals surface area contributed by atoms with Gasteiger partial charge >= 0.3 is 6.36 Å². The summed E-state index contributed by atoms with van der Waals surface area (Å²) in [7, 11) is 0. The third kappa shape index (κ3) is 3.09. The number of aliphatic hydroxyl groups is 1. The van der Waals surface area contributed by atoms with Crippen LogP contribution in [0, 0.1) is 5.92 Å². The molecule has 0 heterocycles. The summed E-state index contributed by atoms with van der Waals surface area (Å²) in [5.41, 5.74) is 0.938. The first-order chi connectivity index (χ1) is 11.4. The molecule has 1 aromatic carbocycles. The van der Waals surface area contributed by atoms with E-state index < -0.39 is 17.9 Å². The van der Waals surface area contributed by atoms with Crippen LogP contribution in [0.2, 0.25) is 0 Å². The van der Waals surface area contributed by atoms with E-state index in [-0.39, 0.29) is 11.7 Å². The topological polar surface area (TPSA) is 62.1 Å². The number of aliphatic hydroxyl groups excluding tert-OH is 1. The summed E-state index contributed by atoms with van der Waals surface area (Å²) >= 11 is 0. The molecule has 1 aromatic rings. The molecule has 0 amide bonds. The van der Waals surface area contributed by atoms with Crippen LogP contribution in [0.25, 0.3) is 0 Å². The van der Waals surface area contributed by atoms with E-state index in [9.17, 15) is 18.3 Å². The van der Waals surface area contributed by atoms with Crippen molar-refractivity contribution in [2.24, 2.45) is 11.1 Å². The Bertz CT molecular complexity index is 609. The summed E-state index contributed by atoms with van der Waals surface area (Å²) in [6.45, 7) is 0. The van der Waals surface area contributed by atoms with Crippen molar-refractivity contribution < 1.29 is 28.2 Å². The Morgan fingerprint density at radius 1 is 1.17 bits per heavy atom. The Labute approximate surface area is 137 Å². The van der Waals surface area contributed by atoms with Crippen LogP contribution in [0.4, 0.5) is 13.2 Å². The molecule has 3 rings (SSSR count). The van der Waals surface area contributed by atoms with E-state index in [1.807, 2.05) is 0 Å². The molecule has 7 heteroatoms. The predicted molar refractivity (Wildman–Crippen MR) is 81.2 cm³/mol. The second-order valence-corrected chi connectivity index (χ2v) is 6.62. The molecule has 132 valence electrons. The van der Waals surface area contributed by atoms with Crippen LogP contribution in [-0.4, -0.2) is 28.5 Å². The number of halogens is 3. The van der Waals surface area contributed by atoms with Gasteiger partial charge in [0.05, 0.1) is 11.8 Å². The van der Waals surface area contributed by atoms with Gasteiger partial charge in [-0.2, -0.15) is 0 Å². The fourth-order valence-electron chi connectivity index (χ4n) is 4.01. The Kier molecular flexibility index (Phi) is 4.46. The smallest absolute Gasteiger partial charge is 0.411 e. The molecule has 2 N–H and O–H groups in total. The average molecular weight is 343 g/mol. The maximum atomic E-state index is 12.3. The summed E-state index contributed by atoms with van der Waals surface area (Å²) in [6.07, 6.45) is -0.623. The minimum Gasteiger partial charge on any atom is -0.411 e. The Hall–Kier alpha value is -1.76. The third-order valence-electron chi connectivity index (χ3n) is 5.36. The minimum absolute atomic E-state index is 0.193. The van der Waals surface area contributed by atoms with Crippen LogP contribution in [0.5, 0.6) is 5.75 Å². The van der Waals surface area contributed by atoms with Crippen molar-refractivity contribution in [1.82, 2.24) is 0 Å². The third-order valence-corrected chi connectivity index (χ3v) is 5.36. The molecule has 0 aromatic heterocycles. The van der Waals surface area contributed by atoms with E-state index in [1.165, 1.54) is 12.1 Å². The largest absolute Gasteiger partial charge is 0.573 e. The molecule has 2 aliphatic rings. The lowest BCUT2D eigenvalue weighted by Gasteiger charge is -2.48. The van der Waals surface area contributed by atoms with Gasteiger partial charge in [-0.15, -0.1) is 13.2 Å². The quantitative estimate of drug-likeness (QED) is 0.642. The highest BCUT2D eigenvalue weighted by molar-refractivity contribution is 5.88. The highest BCUT2D eigenvalue weighted by Crippen LogP contribution is 2.50. The Balaban J connectivity index is 1.82. The van der Waals surface area contributed by atoms with Crippen LogP contribution in [0.3, 0.4) is 0 Å². The van der Waals surface area contributed by atoms with Gasteiger partial charge < -0.3 is 15.1 Å². The van der Waals surface area contributed by atoms with Crippen molar-refractivity contribution in [3.63, 3.8) is 0 Å². The molecule has 2 aliphatic carbocycles. The molecular weight excluding hydrogens is 323 g/mol. The van der Waals surface area contributed by atoms with Crippen LogP contribution >= 0.6 is 0 Å². The number of hydrogen-bond acceptors (Lipinski definition) is 4.